The van der Waals surface area contributed by atoms with Crippen molar-refractivity contribution in [1.82, 2.24) is 18.8 Å². The summed E-state index contributed by atoms with van der Waals surface area (Å²) in [5.74, 6) is -0.172. The first-order chi connectivity index (χ1) is 14.0. The van der Waals surface area contributed by atoms with Crippen LogP contribution in [0, 0.1) is 0 Å². The van der Waals surface area contributed by atoms with Gasteiger partial charge in [0.2, 0.25) is 10.0 Å². The predicted molar refractivity (Wildman–Crippen MR) is 110 cm³/mol. The molecule has 1 aromatic heterocycles. The molecule has 1 aliphatic rings. The van der Waals surface area contributed by atoms with E-state index in [1.165, 1.54) is 4.31 Å². The van der Waals surface area contributed by atoms with Crippen molar-refractivity contribution >= 4 is 15.9 Å². The van der Waals surface area contributed by atoms with Crippen LogP contribution < -0.4 is 0 Å². The molecule has 3 aromatic rings. The van der Waals surface area contributed by atoms with E-state index in [1.807, 2.05) is 60.7 Å². The Morgan fingerprint density at radius 1 is 0.897 bits per heavy atom. The highest BCUT2D eigenvalue weighted by atomic mass is 32.2. The molecule has 4 rings (SSSR count). The lowest BCUT2D eigenvalue weighted by Crippen LogP contribution is -2.51. The molecule has 0 atom stereocenters. The average Bonchev–Trinajstić information content (AvgIpc) is 3.24. The van der Waals surface area contributed by atoms with Crippen LogP contribution in [0.3, 0.4) is 0 Å². The fraction of sp³-hybridized carbons (Fsp3) is 0.238. The van der Waals surface area contributed by atoms with Gasteiger partial charge in [-0.15, -0.1) is 0 Å². The molecule has 0 saturated carbocycles. The molecule has 0 aliphatic carbocycles. The Morgan fingerprint density at radius 3 is 2.17 bits per heavy atom. The molecule has 2 heterocycles. The van der Waals surface area contributed by atoms with E-state index in [0.29, 0.717) is 31.9 Å². The number of carbonyl (C=O) groups excluding carboxylic acids is 1. The number of aromatic nitrogens is 2. The van der Waals surface area contributed by atoms with E-state index in [2.05, 4.69) is 4.98 Å². The third-order valence-electron chi connectivity index (χ3n) is 5.00. The zero-order chi connectivity index (χ0) is 20.3. The number of carbonyl (C=O) groups is 1. The van der Waals surface area contributed by atoms with E-state index in [0.717, 1.165) is 11.3 Å². The summed E-state index contributed by atoms with van der Waals surface area (Å²) in [6.45, 7) is 1.29. The number of nitrogens with zero attached hydrogens (tertiary/aromatic N) is 4. The molecular formula is C21H22N4O3S. The minimum Gasteiger partial charge on any atom is -0.335 e. The molecule has 29 heavy (non-hydrogen) atoms. The maximum absolute atomic E-state index is 13.0. The van der Waals surface area contributed by atoms with Crippen LogP contribution in [-0.4, -0.2) is 59.3 Å². The summed E-state index contributed by atoms with van der Waals surface area (Å²) in [6.07, 6.45) is 3.16. The number of piperazine rings is 1. The van der Waals surface area contributed by atoms with Gasteiger partial charge in [0.15, 0.2) is 0 Å². The molecule has 0 spiro atoms. The van der Waals surface area contributed by atoms with Crippen molar-refractivity contribution in [3.8, 4) is 5.69 Å². The van der Waals surface area contributed by atoms with Crippen molar-refractivity contribution in [3.63, 3.8) is 0 Å². The van der Waals surface area contributed by atoms with Crippen LogP contribution in [-0.2, 0) is 15.8 Å². The van der Waals surface area contributed by atoms with Gasteiger partial charge in [-0.2, -0.15) is 4.31 Å². The average molecular weight is 410 g/mol. The molecular weight excluding hydrogens is 388 g/mol. The Bertz CT molecular complexity index is 1070. The van der Waals surface area contributed by atoms with Gasteiger partial charge in [-0.25, -0.2) is 13.4 Å². The monoisotopic (exact) mass is 410 g/mol. The molecule has 7 nitrogen and oxygen atoms in total. The lowest BCUT2D eigenvalue weighted by Gasteiger charge is -2.34. The Balaban J connectivity index is 1.43. The van der Waals surface area contributed by atoms with Crippen LogP contribution in [0.5, 0.6) is 0 Å². The summed E-state index contributed by atoms with van der Waals surface area (Å²) in [5, 5.41) is 0. The van der Waals surface area contributed by atoms with Crippen LogP contribution >= 0.6 is 0 Å². The van der Waals surface area contributed by atoms with E-state index in [9.17, 15) is 13.2 Å². The third kappa shape index (κ3) is 4.23. The molecule has 0 bridgehead atoms. The van der Waals surface area contributed by atoms with Gasteiger partial charge in [-0.1, -0.05) is 48.5 Å². The molecule has 150 valence electrons. The molecule has 8 heteroatoms. The van der Waals surface area contributed by atoms with Crippen LogP contribution in [0.25, 0.3) is 5.69 Å². The summed E-state index contributed by atoms with van der Waals surface area (Å²) in [6, 6.07) is 18.7. The van der Waals surface area contributed by atoms with Crippen molar-refractivity contribution in [1.29, 1.82) is 0 Å². The van der Waals surface area contributed by atoms with Crippen LogP contribution in [0.4, 0.5) is 0 Å². The van der Waals surface area contributed by atoms with E-state index >= 15 is 0 Å². The molecule has 1 saturated heterocycles. The Hall–Kier alpha value is -2.97. The highest BCUT2D eigenvalue weighted by Gasteiger charge is 2.30. The quantitative estimate of drug-likeness (QED) is 0.646. The summed E-state index contributed by atoms with van der Waals surface area (Å²) in [4.78, 5) is 18.8. The standard InChI is InChI=1S/C21H22N4O3S/c26-21(20-15-22-17-25(20)19-9-5-2-6-10-19)23-11-13-24(14-12-23)29(27,28)16-18-7-3-1-4-8-18/h1-10,15,17H,11-14,16H2. The van der Waals surface area contributed by atoms with Crippen molar-refractivity contribution in [3.05, 3.63) is 84.4 Å². The fourth-order valence-electron chi connectivity index (χ4n) is 3.46. The minimum absolute atomic E-state index is 0.0252. The van der Waals surface area contributed by atoms with Gasteiger partial charge in [-0.3, -0.25) is 9.36 Å². The smallest absolute Gasteiger partial charge is 0.272 e. The lowest BCUT2D eigenvalue weighted by atomic mass is 10.2. The maximum atomic E-state index is 13.0. The van der Waals surface area contributed by atoms with Gasteiger partial charge in [0, 0.05) is 31.9 Å². The number of imidazole rings is 1. The van der Waals surface area contributed by atoms with Crippen LogP contribution in [0.1, 0.15) is 16.1 Å². The van der Waals surface area contributed by atoms with Crippen LogP contribution in [0.15, 0.2) is 73.2 Å². The van der Waals surface area contributed by atoms with E-state index < -0.39 is 10.0 Å². The van der Waals surface area contributed by atoms with Crippen molar-refractivity contribution in [2.45, 2.75) is 5.75 Å². The fourth-order valence-corrected chi connectivity index (χ4v) is 4.97. The number of amides is 1. The normalized spacial score (nSPS) is 15.4. The first kappa shape index (κ1) is 19.4. The Kier molecular flexibility index (Phi) is 5.46. The number of benzene rings is 2. The molecule has 0 N–H and O–H groups in total. The number of para-hydroxylation sites is 1. The Labute approximate surface area is 170 Å². The van der Waals surface area contributed by atoms with Crippen molar-refractivity contribution in [2.24, 2.45) is 0 Å². The second-order valence-electron chi connectivity index (χ2n) is 6.92. The SMILES string of the molecule is O=C(c1cncn1-c1ccccc1)N1CCN(S(=O)(=O)Cc2ccccc2)CC1. The molecule has 1 aliphatic heterocycles. The van der Waals surface area contributed by atoms with Crippen LogP contribution in [0.2, 0.25) is 0 Å². The van der Waals surface area contributed by atoms with Gasteiger partial charge in [0.25, 0.3) is 5.91 Å². The number of hydrogen-bond donors (Lipinski definition) is 0. The molecule has 0 unspecified atom stereocenters. The van der Waals surface area contributed by atoms with Gasteiger partial charge in [-0.05, 0) is 17.7 Å². The van der Waals surface area contributed by atoms with Gasteiger partial charge in [0.1, 0.15) is 5.69 Å². The zero-order valence-electron chi connectivity index (χ0n) is 15.9. The molecule has 0 radical (unpaired) electrons. The second kappa shape index (κ2) is 8.18. The van der Waals surface area contributed by atoms with E-state index in [-0.39, 0.29) is 11.7 Å². The third-order valence-corrected chi connectivity index (χ3v) is 6.85. The Morgan fingerprint density at radius 2 is 1.52 bits per heavy atom. The van der Waals surface area contributed by atoms with Gasteiger partial charge >= 0.3 is 0 Å². The highest BCUT2D eigenvalue weighted by molar-refractivity contribution is 7.88. The first-order valence-corrected chi connectivity index (χ1v) is 11.0. The molecule has 2 aromatic carbocycles. The molecule has 1 fully saturated rings. The molecule has 1 amide bonds. The summed E-state index contributed by atoms with van der Waals surface area (Å²) in [7, 11) is -3.41. The largest absolute Gasteiger partial charge is 0.335 e. The number of rotatable bonds is 5. The van der Waals surface area contributed by atoms with Crippen molar-refractivity contribution in [2.75, 3.05) is 26.2 Å². The maximum Gasteiger partial charge on any atom is 0.272 e. The summed E-state index contributed by atoms with van der Waals surface area (Å²) < 4.78 is 28.6. The van der Waals surface area contributed by atoms with Gasteiger partial charge < -0.3 is 4.90 Å². The first-order valence-electron chi connectivity index (χ1n) is 9.43. The number of hydrogen-bond acceptors (Lipinski definition) is 4. The topological polar surface area (TPSA) is 75.5 Å². The summed E-state index contributed by atoms with van der Waals surface area (Å²) in [5.41, 5.74) is 2.09. The number of sulfonamides is 1. The highest BCUT2D eigenvalue weighted by Crippen LogP contribution is 2.17. The van der Waals surface area contributed by atoms with E-state index in [4.69, 9.17) is 0 Å². The second-order valence-corrected chi connectivity index (χ2v) is 8.89. The van der Waals surface area contributed by atoms with Gasteiger partial charge in [0.05, 0.1) is 18.3 Å². The zero-order valence-corrected chi connectivity index (χ0v) is 16.7. The minimum atomic E-state index is -3.41. The van der Waals surface area contributed by atoms with E-state index in [1.54, 1.807) is 22.0 Å². The predicted octanol–water partition coefficient (Wildman–Crippen LogP) is 2.16. The summed E-state index contributed by atoms with van der Waals surface area (Å²) >= 11 is 0. The lowest BCUT2D eigenvalue weighted by molar-refractivity contribution is 0.0689. The van der Waals surface area contributed by atoms with Crippen molar-refractivity contribution < 1.29 is 13.2 Å².